The number of hydrogen-bond acceptors (Lipinski definition) is 5. The second-order valence-corrected chi connectivity index (χ2v) is 5.94. The molecular formula is C14H19NO4S. The number of likely N-dealkylation sites (tertiary alicyclic amines) is 1. The number of methoxy groups -OCH3 is 1. The second kappa shape index (κ2) is 6.85. The van der Waals surface area contributed by atoms with Gasteiger partial charge in [-0.3, -0.25) is 4.79 Å². The van der Waals surface area contributed by atoms with Crippen molar-refractivity contribution in [3.63, 3.8) is 0 Å². The molecule has 1 aromatic rings. The molecule has 0 radical (unpaired) electrons. The average Bonchev–Trinajstić information content (AvgIpc) is 3.07. The van der Waals surface area contributed by atoms with Gasteiger partial charge in [-0.1, -0.05) is 6.07 Å². The molecule has 0 aromatic carbocycles. The molecule has 1 fully saturated rings. The summed E-state index contributed by atoms with van der Waals surface area (Å²) in [4.78, 5) is 26.5. The minimum atomic E-state index is -0.639. The van der Waals surface area contributed by atoms with Crippen LogP contribution in [0.25, 0.3) is 0 Å². The largest absolute Gasteiger partial charge is 0.467 e. The highest BCUT2D eigenvalue weighted by atomic mass is 32.1. The Balaban J connectivity index is 1.85. The molecule has 0 aliphatic carbocycles. The van der Waals surface area contributed by atoms with E-state index in [-0.39, 0.29) is 18.9 Å². The number of amides is 1. The zero-order valence-electron chi connectivity index (χ0n) is 11.4. The van der Waals surface area contributed by atoms with E-state index < -0.39 is 18.1 Å². The van der Waals surface area contributed by atoms with Crippen molar-refractivity contribution in [1.29, 1.82) is 0 Å². The lowest BCUT2D eigenvalue weighted by atomic mass is 10.1. The van der Waals surface area contributed by atoms with Crippen molar-refractivity contribution in [1.82, 2.24) is 4.90 Å². The molecule has 6 heteroatoms. The van der Waals surface area contributed by atoms with Crippen molar-refractivity contribution < 1.29 is 19.4 Å². The molecule has 1 aliphatic heterocycles. The van der Waals surface area contributed by atoms with Crippen LogP contribution in [-0.4, -0.2) is 47.7 Å². The van der Waals surface area contributed by atoms with Crippen LogP contribution in [0.5, 0.6) is 0 Å². The van der Waals surface area contributed by atoms with Gasteiger partial charge >= 0.3 is 5.97 Å². The molecule has 1 aliphatic rings. The molecule has 0 bridgehead atoms. The number of esters is 1. The molecule has 20 heavy (non-hydrogen) atoms. The Kier molecular flexibility index (Phi) is 5.14. The van der Waals surface area contributed by atoms with Gasteiger partial charge in [0.25, 0.3) is 0 Å². The topological polar surface area (TPSA) is 66.8 Å². The van der Waals surface area contributed by atoms with E-state index in [1.54, 1.807) is 11.3 Å². The lowest BCUT2D eigenvalue weighted by Gasteiger charge is -2.22. The first-order valence-electron chi connectivity index (χ1n) is 6.69. The summed E-state index contributed by atoms with van der Waals surface area (Å²) in [6, 6.07) is 3.40. The predicted molar refractivity (Wildman–Crippen MR) is 75.4 cm³/mol. The van der Waals surface area contributed by atoms with Crippen LogP contribution in [0.1, 0.15) is 24.1 Å². The lowest BCUT2D eigenvalue weighted by molar-refractivity contribution is -0.151. The third-order valence-corrected chi connectivity index (χ3v) is 4.40. The van der Waals surface area contributed by atoms with Crippen molar-refractivity contribution >= 4 is 23.2 Å². The summed E-state index contributed by atoms with van der Waals surface area (Å²) in [5.74, 6) is -0.540. The molecule has 0 spiro atoms. The summed E-state index contributed by atoms with van der Waals surface area (Å²) in [6.45, 7) is 0.220. The number of carbonyl (C=O) groups excluding carboxylic acids is 2. The third kappa shape index (κ3) is 3.58. The first-order chi connectivity index (χ1) is 9.61. The van der Waals surface area contributed by atoms with Gasteiger partial charge in [0.1, 0.15) is 6.04 Å². The van der Waals surface area contributed by atoms with Crippen molar-refractivity contribution in [3.8, 4) is 0 Å². The van der Waals surface area contributed by atoms with Gasteiger partial charge < -0.3 is 14.7 Å². The molecule has 1 aromatic heterocycles. The number of aliphatic hydroxyl groups is 1. The van der Waals surface area contributed by atoms with Crippen LogP contribution in [0.2, 0.25) is 0 Å². The number of β-amino-alcohol motifs (C(OH)–C–C–N with tert-alkyl or cyclic N) is 1. The Morgan fingerprint density at radius 2 is 2.35 bits per heavy atom. The molecule has 110 valence electrons. The highest BCUT2D eigenvalue weighted by Gasteiger charge is 2.39. The summed E-state index contributed by atoms with van der Waals surface area (Å²) in [6.07, 6.45) is 1.63. The maximum atomic E-state index is 12.2. The Morgan fingerprint density at radius 3 is 3.00 bits per heavy atom. The Labute approximate surface area is 122 Å². The van der Waals surface area contributed by atoms with E-state index in [0.717, 1.165) is 12.8 Å². The van der Waals surface area contributed by atoms with E-state index in [4.69, 9.17) is 0 Å². The Bertz CT molecular complexity index is 460. The van der Waals surface area contributed by atoms with Gasteiger partial charge in [-0.25, -0.2) is 4.79 Å². The average molecular weight is 297 g/mol. The van der Waals surface area contributed by atoms with Crippen LogP contribution >= 0.6 is 11.3 Å². The number of ether oxygens (including phenoxy) is 1. The van der Waals surface area contributed by atoms with E-state index in [1.807, 2.05) is 17.5 Å². The van der Waals surface area contributed by atoms with Crippen molar-refractivity contribution in [3.05, 3.63) is 22.4 Å². The van der Waals surface area contributed by atoms with Gasteiger partial charge in [-0.15, -0.1) is 11.3 Å². The molecule has 2 heterocycles. The van der Waals surface area contributed by atoms with Crippen LogP contribution in [0.15, 0.2) is 17.5 Å². The molecule has 5 nitrogen and oxygen atoms in total. The molecule has 0 saturated carbocycles. The molecule has 2 unspecified atom stereocenters. The number of carbonyl (C=O) groups is 2. The van der Waals surface area contributed by atoms with Gasteiger partial charge in [0.15, 0.2) is 0 Å². The standard InChI is InChI=1S/C14H19NO4S/c1-19-14(18)12-8-10(16)9-15(12)13(17)6-2-4-11-5-3-7-20-11/h3,5,7,10,12,16H,2,4,6,8-9H2,1H3. The van der Waals surface area contributed by atoms with Gasteiger partial charge in [0.2, 0.25) is 5.91 Å². The summed E-state index contributed by atoms with van der Waals surface area (Å²) in [5, 5.41) is 11.7. The van der Waals surface area contributed by atoms with Crippen LogP contribution in [-0.2, 0) is 20.7 Å². The maximum absolute atomic E-state index is 12.2. The van der Waals surface area contributed by atoms with E-state index in [9.17, 15) is 14.7 Å². The van der Waals surface area contributed by atoms with E-state index >= 15 is 0 Å². The highest BCUT2D eigenvalue weighted by Crippen LogP contribution is 2.21. The van der Waals surface area contributed by atoms with Crippen LogP contribution in [0.4, 0.5) is 0 Å². The van der Waals surface area contributed by atoms with E-state index in [0.29, 0.717) is 6.42 Å². The number of aryl methyl sites for hydroxylation is 1. The Hall–Kier alpha value is -1.40. The van der Waals surface area contributed by atoms with Crippen molar-refractivity contribution in [2.24, 2.45) is 0 Å². The van der Waals surface area contributed by atoms with Crippen molar-refractivity contribution in [2.75, 3.05) is 13.7 Å². The quantitative estimate of drug-likeness (QED) is 0.830. The number of aliphatic hydroxyl groups excluding tert-OH is 1. The molecule has 2 atom stereocenters. The Morgan fingerprint density at radius 1 is 1.55 bits per heavy atom. The van der Waals surface area contributed by atoms with Crippen molar-refractivity contribution in [2.45, 2.75) is 37.8 Å². The normalized spacial score (nSPS) is 22.0. The molecular weight excluding hydrogens is 278 g/mol. The fourth-order valence-electron chi connectivity index (χ4n) is 2.46. The number of hydrogen-bond donors (Lipinski definition) is 1. The third-order valence-electron chi connectivity index (χ3n) is 3.47. The maximum Gasteiger partial charge on any atom is 0.328 e. The lowest BCUT2D eigenvalue weighted by Crippen LogP contribution is -2.41. The fraction of sp³-hybridized carbons (Fsp3) is 0.571. The summed E-state index contributed by atoms with van der Waals surface area (Å²) >= 11 is 1.68. The molecule has 2 rings (SSSR count). The molecule has 1 saturated heterocycles. The van der Waals surface area contributed by atoms with Gasteiger partial charge in [-0.2, -0.15) is 0 Å². The first kappa shape index (κ1) is 15.0. The first-order valence-corrected chi connectivity index (χ1v) is 7.57. The van der Waals surface area contributed by atoms with Crippen LogP contribution in [0, 0.1) is 0 Å². The SMILES string of the molecule is COC(=O)C1CC(O)CN1C(=O)CCCc1cccs1. The molecule has 1 amide bonds. The zero-order chi connectivity index (χ0) is 14.5. The molecule has 1 N–H and O–H groups in total. The fourth-order valence-corrected chi connectivity index (χ4v) is 3.21. The van der Waals surface area contributed by atoms with Gasteiger partial charge in [-0.05, 0) is 24.3 Å². The van der Waals surface area contributed by atoms with Crippen LogP contribution in [0.3, 0.4) is 0 Å². The summed E-state index contributed by atoms with van der Waals surface area (Å²) in [7, 11) is 1.30. The monoisotopic (exact) mass is 297 g/mol. The highest BCUT2D eigenvalue weighted by molar-refractivity contribution is 7.09. The van der Waals surface area contributed by atoms with Crippen LogP contribution < -0.4 is 0 Å². The number of thiophene rings is 1. The summed E-state index contributed by atoms with van der Waals surface area (Å²) < 4.78 is 4.68. The smallest absolute Gasteiger partial charge is 0.328 e. The second-order valence-electron chi connectivity index (χ2n) is 4.91. The number of nitrogens with zero attached hydrogens (tertiary/aromatic N) is 1. The number of rotatable bonds is 5. The van der Waals surface area contributed by atoms with Gasteiger partial charge in [0.05, 0.1) is 13.2 Å². The summed E-state index contributed by atoms with van der Waals surface area (Å²) in [5.41, 5.74) is 0. The zero-order valence-corrected chi connectivity index (χ0v) is 12.3. The predicted octanol–water partition coefficient (Wildman–Crippen LogP) is 1.21. The van der Waals surface area contributed by atoms with E-state index in [2.05, 4.69) is 4.74 Å². The van der Waals surface area contributed by atoms with Gasteiger partial charge in [0, 0.05) is 24.3 Å². The minimum absolute atomic E-state index is 0.0893. The van der Waals surface area contributed by atoms with E-state index in [1.165, 1.54) is 16.9 Å². The minimum Gasteiger partial charge on any atom is -0.467 e.